The summed E-state index contributed by atoms with van der Waals surface area (Å²) in [4.78, 5) is 11.8. The average molecular weight is 387 g/mol. The SMILES string of the molecule is CCN(CC)c1ccc(N=C2C(C)=Nn3c2nnc3-c2cccc(C)c2)c(C)n1. The van der Waals surface area contributed by atoms with Crippen LogP contribution in [0, 0.1) is 13.8 Å². The quantitative estimate of drug-likeness (QED) is 0.659. The monoisotopic (exact) mass is 387 g/mol. The Hall–Kier alpha value is -3.35. The molecule has 0 bridgehead atoms. The predicted molar refractivity (Wildman–Crippen MR) is 117 cm³/mol. The molecule has 0 saturated carbocycles. The molecule has 3 heterocycles. The molecule has 0 amide bonds. The number of aliphatic imine (C=N–C) groups is 1. The number of hydrogen-bond donors (Lipinski definition) is 0. The molecule has 0 aliphatic carbocycles. The molecule has 148 valence electrons. The van der Waals surface area contributed by atoms with E-state index in [0.29, 0.717) is 5.82 Å². The molecule has 1 aromatic carbocycles. The number of aryl methyl sites for hydroxylation is 2. The smallest absolute Gasteiger partial charge is 0.205 e. The van der Waals surface area contributed by atoms with Crippen LogP contribution in [0.2, 0.25) is 0 Å². The molecule has 0 unspecified atom stereocenters. The third-order valence-electron chi connectivity index (χ3n) is 5.08. The van der Waals surface area contributed by atoms with Crippen molar-refractivity contribution in [3.63, 3.8) is 0 Å². The van der Waals surface area contributed by atoms with Gasteiger partial charge in [-0.2, -0.15) is 9.78 Å². The summed E-state index contributed by atoms with van der Waals surface area (Å²) in [6, 6.07) is 12.2. The molecule has 7 heteroatoms. The number of rotatable bonds is 5. The first kappa shape index (κ1) is 19.0. The summed E-state index contributed by atoms with van der Waals surface area (Å²) >= 11 is 0. The van der Waals surface area contributed by atoms with Crippen LogP contribution in [0.1, 0.15) is 37.9 Å². The van der Waals surface area contributed by atoms with E-state index in [-0.39, 0.29) is 0 Å². The molecule has 1 aliphatic heterocycles. The van der Waals surface area contributed by atoms with Crippen LogP contribution in [0.5, 0.6) is 0 Å². The molecule has 4 rings (SSSR count). The minimum atomic E-state index is 0.659. The molecular formula is C22H25N7. The van der Waals surface area contributed by atoms with Gasteiger partial charge in [0.25, 0.3) is 0 Å². The lowest BCUT2D eigenvalue weighted by atomic mass is 10.1. The lowest BCUT2D eigenvalue weighted by Crippen LogP contribution is -2.23. The van der Waals surface area contributed by atoms with E-state index in [9.17, 15) is 0 Å². The Kier molecular flexibility index (Phi) is 4.96. The molecule has 0 spiro atoms. The largest absolute Gasteiger partial charge is 0.357 e. The molecule has 0 saturated heterocycles. The van der Waals surface area contributed by atoms with E-state index in [0.717, 1.165) is 53.1 Å². The van der Waals surface area contributed by atoms with Gasteiger partial charge in [-0.3, -0.25) is 0 Å². The highest BCUT2D eigenvalue weighted by Crippen LogP contribution is 2.26. The second-order valence-electron chi connectivity index (χ2n) is 7.12. The van der Waals surface area contributed by atoms with E-state index in [4.69, 9.17) is 9.98 Å². The maximum atomic E-state index is 4.84. The number of nitrogens with zero attached hydrogens (tertiary/aromatic N) is 7. The van der Waals surface area contributed by atoms with Crippen LogP contribution in [-0.4, -0.2) is 44.4 Å². The number of benzene rings is 1. The van der Waals surface area contributed by atoms with E-state index in [1.165, 1.54) is 5.56 Å². The Morgan fingerprint density at radius 2 is 1.72 bits per heavy atom. The van der Waals surface area contributed by atoms with Crippen molar-refractivity contribution in [3.8, 4) is 11.4 Å². The van der Waals surface area contributed by atoms with Crippen molar-refractivity contribution >= 4 is 22.9 Å². The van der Waals surface area contributed by atoms with Gasteiger partial charge in [-0.15, -0.1) is 10.2 Å². The van der Waals surface area contributed by atoms with E-state index < -0.39 is 0 Å². The van der Waals surface area contributed by atoms with Crippen LogP contribution in [0.3, 0.4) is 0 Å². The Morgan fingerprint density at radius 3 is 2.41 bits per heavy atom. The van der Waals surface area contributed by atoms with Gasteiger partial charge in [-0.25, -0.2) is 9.98 Å². The van der Waals surface area contributed by atoms with E-state index in [1.54, 1.807) is 4.68 Å². The third kappa shape index (κ3) is 3.44. The van der Waals surface area contributed by atoms with Gasteiger partial charge in [0.05, 0.1) is 17.1 Å². The highest BCUT2D eigenvalue weighted by atomic mass is 15.5. The topological polar surface area (TPSA) is 71.6 Å². The van der Waals surface area contributed by atoms with Crippen molar-refractivity contribution in [2.75, 3.05) is 18.0 Å². The number of fused-ring (bicyclic) bond motifs is 1. The molecule has 0 atom stereocenters. The molecule has 29 heavy (non-hydrogen) atoms. The van der Waals surface area contributed by atoms with Crippen LogP contribution in [0.4, 0.5) is 11.5 Å². The van der Waals surface area contributed by atoms with E-state index in [2.05, 4.69) is 53.1 Å². The normalized spacial score (nSPS) is 14.2. The molecule has 1 aliphatic rings. The first-order valence-electron chi connectivity index (χ1n) is 9.91. The first-order valence-corrected chi connectivity index (χ1v) is 9.91. The maximum Gasteiger partial charge on any atom is 0.205 e. The van der Waals surface area contributed by atoms with Gasteiger partial charge in [0.2, 0.25) is 5.82 Å². The van der Waals surface area contributed by atoms with E-state index >= 15 is 0 Å². The summed E-state index contributed by atoms with van der Waals surface area (Å²) in [5.41, 5.74) is 5.41. The Labute approximate surface area is 170 Å². The summed E-state index contributed by atoms with van der Waals surface area (Å²) in [7, 11) is 0. The fourth-order valence-electron chi connectivity index (χ4n) is 3.48. The average Bonchev–Trinajstić information content (AvgIpc) is 3.24. The number of hydrogen-bond acceptors (Lipinski definition) is 6. The van der Waals surface area contributed by atoms with Crippen molar-refractivity contribution in [1.82, 2.24) is 19.9 Å². The zero-order chi connectivity index (χ0) is 20.5. The van der Waals surface area contributed by atoms with Crippen molar-refractivity contribution < 1.29 is 0 Å². The number of aromatic nitrogens is 4. The van der Waals surface area contributed by atoms with Gasteiger partial charge in [-0.1, -0.05) is 23.8 Å². The van der Waals surface area contributed by atoms with Gasteiger partial charge in [0.1, 0.15) is 11.5 Å². The van der Waals surface area contributed by atoms with Gasteiger partial charge in [0, 0.05) is 18.7 Å². The van der Waals surface area contributed by atoms with Gasteiger partial charge in [-0.05, 0) is 52.8 Å². The minimum absolute atomic E-state index is 0.659. The Bertz CT molecular complexity index is 1120. The molecule has 0 N–H and O–H groups in total. The highest BCUT2D eigenvalue weighted by molar-refractivity contribution is 6.48. The third-order valence-corrected chi connectivity index (χ3v) is 5.08. The zero-order valence-corrected chi connectivity index (χ0v) is 17.5. The standard InChI is InChI=1S/C22H25N7/c1-6-28(7-2)19-12-11-18(15(4)23-19)24-20-16(5)27-29-21(25-26-22(20)29)17-10-8-9-14(3)13-17/h8-13H,6-7H2,1-5H3. The summed E-state index contributed by atoms with van der Waals surface area (Å²) in [5.74, 6) is 2.35. The van der Waals surface area contributed by atoms with Crippen LogP contribution < -0.4 is 4.90 Å². The summed E-state index contributed by atoms with van der Waals surface area (Å²) in [6.45, 7) is 12.1. The Morgan fingerprint density at radius 1 is 0.966 bits per heavy atom. The second kappa shape index (κ2) is 7.58. The maximum absolute atomic E-state index is 4.84. The van der Waals surface area contributed by atoms with Gasteiger partial charge in [0.15, 0.2) is 5.82 Å². The van der Waals surface area contributed by atoms with Crippen LogP contribution >= 0.6 is 0 Å². The minimum Gasteiger partial charge on any atom is -0.357 e. The second-order valence-corrected chi connectivity index (χ2v) is 7.12. The number of anilines is 1. The van der Waals surface area contributed by atoms with Gasteiger partial charge >= 0.3 is 0 Å². The summed E-state index contributed by atoms with van der Waals surface area (Å²) in [6.07, 6.45) is 0. The number of pyridine rings is 1. The van der Waals surface area contributed by atoms with Crippen molar-refractivity contribution in [3.05, 3.63) is 53.5 Å². The molecule has 0 radical (unpaired) electrons. The fraction of sp³-hybridized carbons (Fsp3) is 0.318. The van der Waals surface area contributed by atoms with Crippen molar-refractivity contribution in [2.45, 2.75) is 34.6 Å². The first-order chi connectivity index (χ1) is 14.0. The van der Waals surface area contributed by atoms with E-state index in [1.807, 2.05) is 38.1 Å². The zero-order valence-electron chi connectivity index (χ0n) is 17.5. The fourth-order valence-corrected chi connectivity index (χ4v) is 3.48. The van der Waals surface area contributed by atoms with Crippen LogP contribution in [0.25, 0.3) is 11.4 Å². The van der Waals surface area contributed by atoms with Gasteiger partial charge < -0.3 is 4.90 Å². The summed E-state index contributed by atoms with van der Waals surface area (Å²) in [5, 5.41) is 13.4. The molecule has 2 aromatic heterocycles. The van der Waals surface area contributed by atoms with Crippen molar-refractivity contribution in [2.24, 2.45) is 10.1 Å². The highest BCUT2D eigenvalue weighted by Gasteiger charge is 2.26. The lowest BCUT2D eigenvalue weighted by Gasteiger charge is -2.20. The lowest BCUT2D eigenvalue weighted by molar-refractivity contribution is 0.842. The predicted octanol–water partition coefficient (Wildman–Crippen LogP) is 4.16. The molecule has 3 aromatic rings. The van der Waals surface area contributed by atoms with Crippen LogP contribution in [-0.2, 0) is 0 Å². The van der Waals surface area contributed by atoms with Crippen molar-refractivity contribution in [1.29, 1.82) is 0 Å². The molecule has 7 nitrogen and oxygen atoms in total. The molecular weight excluding hydrogens is 362 g/mol. The summed E-state index contributed by atoms with van der Waals surface area (Å²) < 4.78 is 1.77. The van der Waals surface area contributed by atoms with Crippen LogP contribution in [0.15, 0.2) is 46.5 Å². The Balaban J connectivity index is 1.72. The molecule has 0 fully saturated rings.